The average molecular weight is 522 g/mol. The van der Waals surface area contributed by atoms with Crippen molar-refractivity contribution in [3.63, 3.8) is 0 Å². The molecule has 192 valence electrons. The molecule has 0 aliphatic heterocycles. The molecule has 2 heterocycles. The summed E-state index contributed by atoms with van der Waals surface area (Å²) in [6.45, 7) is 3.99. The van der Waals surface area contributed by atoms with E-state index >= 15 is 0 Å². The van der Waals surface area contributed by atoms with Gasteiger partial charge in [-0.2, -0.15) is 0 Å². The number of amides is 1. The summed E-state index contributed by atoms with van der Waals surface area (Å²) >= 11 is 6.45. The number of carbonyl (C=O) groups excluding carboxylic acids is 1. The number of rotatable bonds is 10. The second-order valence-corrected chi connectivity index (χ2v) is 9.57. The van der Waals surface area contributed by atoms with Crippen molar-refractivity contribution in [3.05, 3.63) is 89.1 Å². The normalized spacial score (nSPS) is 12.2. The molecule has 0 bridgehead atoms. The summed E-state index contributed by atoms with van der Waals surface area (Å²) in [5.41, 5.74) is 1.34. The number of hydrogen-bond acceptors (Lipinski definition) is 7. The predicted octanol–water partition coefficient (Wildman–Crippen LogP) is 4.78. The fourth-order valence-electron chi connectivity index (χ4n) is 3.65. The van der Waals surface area contributed by atoms with Crippen molar-refractivity contribution in [1.29, 1.82) is 0 Å². The first-order valence-electron chi connectivity index (χ1n) is 11.8. The summed E-state index contributed by atoms with van der Waals surface area (Å²) in [6, 6.07) is 17.8. The molecule has 1 unspecified atom stereocenters. The summed E-state index contributed by atoms with van der Waals surface area (Å²) < 4.78 is 5.83. The van der Waals surface area contributed by atoms with Crippen molar-refractivity contribution in [1.82, 2.24) is 20.2 Å². The third-order valence-electron chi connectivity index (χ3n) is 5.55. The minimum Gasteiger partial charge on any atom is -0.494 e. The summed E-state index contributed by atoms with van der Waals surface area (Å²) in [4.78, 5) is 19.7. The highest BCUT2D eigenvalue weighted by molar-refractivity contribution is 6.33. The number of H-pyrrole nitrogens is 1. The number of hydrogen-bond donors (Lipinski definition) is 4. The molecule has 0 aliphatic carbocycles. The van der Waals surface area contributed by atoms with Crippen molar-refractivity contribution in [2.24, 2.45) is 0 Å². The number of nitrogens with one attached hydrogen (secondary N) is 2. The maximum Gasteiger partial charge on any atom is 0.294 e. The summed E-state index contributed by atoms with van der Waals surface area (Å²) in [6.07, 6.45) is 1.85. The van der Waals surface area contributed by atoms with Crippen LogP contribution in [0.25, 0.3) is 11.1 Å². The molecule has 0 spiro atoms. The van der Waals surface area contributed by atoms with E-state index in [1.54, 1.807) is 68.6 Å². The smallest absolute Gasteiger partial charge is 0.294 e. The lowest BCUT2D eigenvalue weighted by atomic mass is 10.0. The van der Waals surface area contributed by atoms with E-state index in [4.69, 9.17) is 16.3 Å². The Balaban J connectivity index is 1.44. The van der Waals surface area contributed by atoms with Crippen LogP contribution in [0, 0.1) is 0 Å². The Bertz CT molecular complexity index is 1350. The van der Waals surface area contributed by atoms with Gasteiger partial charge in [0.15, 0.2) is 5.82 Å². The van der Waals surface area contributed by atoms with Crippen LogP contribution < -0.4 is 10.1 Å². The lowest BCUT2D eigenvalue weighted by molar-refractivity contribution is 0.0641. The SMILES string of the molecule is CC(C)(O)CCCOc1ccc(Cl)c(-c2ccnc(NC(=O)c3nnc(C(O)c4ccccc4)[nH]3)c2)c1. The van der Waals surface area contributed by atoms with Gasteiger partial charge < -0.3 is 25.3 Å². The lowest BCUT2D eigenvalue weighted by Crippen LogP contribution is -2.19. The molecule has 4 rings (SSSR count). The van der Waals surface area contributed by atoms with Crippen molar-refractivity contribution in [3.8, 4) is 16.9 Å². The van der Waals surface area contributed by atoms with Crippen LogP contribution in [0.3, 0.4) is 0 Å². The second kappa shape index (κ2) is 11.5. The van der Waals surface area contributed by atoms with Crippen LogP contribution in [-0.2, 0) is 0 Å². The second-order valence-electron chi connectivity index (χ2n) is 9.16. The van der Waals surface area contributed by atoms with Gasteiger partial charge in [-0.25, -0.2) is 4.98 Å². The van der Waals surface area contributed by atoms with E-state index in [1.807, 2.05) is 12.1 Å². The number of benzene rings is 2. The highest BCUT2D eigenvalue weighted by Crippen LogP contribution is 2.32. The molecule has 37 heavy (non-hydrogen) atoms. The molecule has 2 aromatic carbocycles. The van der Waals surface area contributed by atoms with E-state index in [2.05, 4.69) is 25.5 Å². The van der Waals surface area contributed by atoms with Crippen LogP contribution in [0.1, 0.15) is 54.8 Å². The Hall–Kier alpha value is -3.79. The minimum atomic E-state index is -1.04. The Kier molecular flexibility index (Phi) is 8.17. The van der Waals surface area contributed by atoms with E-state index in [1.165, 1.54) is 0 Å². The van der Waals surface area contributed by atoms with Gasteiger partial charge in [0.05, 0.1) is 12.2 Å². The number of aliphatic hydroxyl groups excluding tert-OH is 1. The standard InChI is InChI=1S/C27H28ClN5O4/c1-27(2,36)12-6-14-37-19-9-10-21(28)20(16-19)18-11-13-29-22(15-18)30-26(35)25-31-24(32-33-25)23(34)17-7-4-3-5-8-17/h3-5,7-11,13,15-16,23,34,36H,6,12,14H2,1-2H3,(H,29,30,35)(H,31,32,33). The van der Waals surface area contributed by atoms with Gasteiger partial charge in [0, 0.05) is 16.8 Å². The number of nitrogens with zero attached hydrogens (tertiary/aromatic N) is 3. The fraction of sp³-hybridized carbons (Fsp3) is 0.259. The maximum absolute atomic E-state index is 12.7. The van der Waals surface area contributed by atoms with Gasteiger partial charge >= 0.3 is 0 Å². The van der Waals surface area contributed by atoms with Gasteiger partial charge in [-0.05, 0) is 68.1 Å². The average Bonchev–Trinajstić information content (AvgIpc) is 3.38. The van der Waals surface area contributed by atoms with Crippen LogP contribution in [0.15, 0.2) is 66.9 Å². The number of aromatic nitrogens is 4. The van der Waals surface area contributed by atoms with Crippen molar-refractivity contribution < 1.29 is 19.7 Å². The summed E-state index contributed by atoms with van der Waals surface area (Å²) in [5.74, 6) is 0.472. The number of aliphatic hydroxyl groups is 2. The van der Waals surface area contributed by atoms with E-state index in [0.717, 1.165) is 5.56 Å². The fourth-order valence-corrected chi connectivity index (χ4v) is 3.87. The summed E-state index contributed by atoms with van der Waals surface area (Å²) in [5, 5.41) is 31.3. The Morgan fingerprint density at radius 1 is 1.14 bits per heavy atom. The lowest BCUT2D eigenvalue weighted by Gasteiger charge is -2.17. The highest BCUT2D eigenvalue weighted by Gasteiger charge is 2.19. The number of anilines is 1. The Labute approximate surface area is 219 Å². The molecule has 10 heteroatoms. The number of pyridine rings is 1. The van der Waals surface area contributed by atoms with Crippen LogP contribution >= 0.6 is 11.6 Å². The molecular formula is C27H28ClN5O4. The molecule has 1 amide bonds. The first-order chi connectivity index (χ1) is 17.7. The maximum atomic E-state index is 12.7. The highest BCUT2D eigenvalue weighted by atomic mass is 35.5. The van der Waals surface area contributed by atoms with E-state index in [0.29, 0.717) is 41.3 Å². The molecular weight excluding hydrogens is 494 g/mol. The van der Waals surface area contributed by atoms with Crippen molar-refractivity contribution in [2.45, 2.75) is 38.4 Å². The molecule has 9 nitrogen and oxygen atoms in total. The summed E-state index contributed by atoms with van der Waals surface area (Å²) in [7, 11) is 0. The van der Waals surface area contributed by atoms with Crippen LogP contribution in [0.5, 0.6) is 5.75 Å². The van der Waals surface area contributed by atoms with Gasteiger partial charge in [0.1, 0.15) is 17.7 Å². The van der Waals surface area contributed by atoms with Crippen LogP contribution in [0.4, 0.5) is 5.82 Å². The molecule has 4 N–H and O–H groups in total. The molecule has 1 atom stereocenters. The third-order valence-corrected chi connectivity index (χ3v) is 5.88. The molecule has 0 fully saturated rings. The third kappa shape index (κ3) is 7.13. The first kappa shape index (κ1) is 26.3. The number of aromatic amines is 1. The largest absolute Gasteiger partial charge is 0.494 e. The van der Waals surface area contributed by atoms with E-state index in [-0.39, 0.29) is 17.5 Å². The van der Waals surface area contributed by atoms with Gasteiger partial charge in [-0.15, -0.1) is 10.2 Å². The van der Waals surface area contributed by atoms with Crippen molar-refractivity contribution in [2.75, 3.05) is 11.9 Å². The monoisotopic (exact) mass is 521 g/mol. The van der Waals surface area contributed by atoms with Crippen molar-refractivity contribution >= 4 is 23.3 Å². The van der Waals surface area contributed by atoms with Gasteiger partial charge in [-0.1, -0.05) is 41.9 Å². The number of carbonyl (C=O) groups is 1. The topological polar surface area (TPSA) is 133 Å². The Morgan fingerprint density at radius 3 is 2.68 bits per heavy atom. The quantitative estimate of drug-likeness (QED) is 0.221. The van der Waals surface area contributed by atoms with Gasteiger partial charge in [0.2, 0.25) is 5.82 Å². The Morgan fingerprint density at radius 2 is 1.92 bits per heavy atom. The van der Waals surface area contributed by atoms with Crippen LogP contribution in [0.2, 0.25) is 5.02 Å². The number of halogens is 1. The number of ether oxygens (including phenoxy) is 1. The molecule has 0 radical (unpaired) electrons. The zero-order valence-corrected chi connectivity index (χ0v) is 21.2. The molecule has 4 aromatic rings. The first-order valence-corrected chi connectivity index (χ1v) is 12.2. The van der Waals surface area contributed by atoms with E-state index < -0.39 is 17.6 Å². The van der Waals surface area contributed by atoms with Gasteiger partial charge in [0.25, 0.3) is 5.91 Å². The van der Waals surface area contributed by atoms with Gasteiger partial charge in [-0.3, -0.25) is 4.79 Å². The minimum absolute atomic E-state index is 0.0586. The molecule has 0 saturated heterocycles. The molecule has 0 aliphatic rings. The molecule has 2 aromatic heterocycles. The molecule has 0 saturated carbocycles. The zero-order chi connectivity index (χ0) is 26.4. The van der Waals surface area contributed by atoms with Crippen LogP contribution in [-0.4, -0.2) is 48.5 Å². The van der Waals surface area contributed by atoms with E-state index in [9.17, 15) is 15.0 Å². The zero-order valence-electron chi connectivity index (χ0n) is 20.5. The predicted molar refractivity (Wildman–Crippen MR) is 141 cm³/mol.